The highest BCUT2D eigenvalue weighted by molar-refractivity contribution is 7.19. The van der Waals surface area contributed by atoms with Gasteiger partial charge < -0.3 is 10.2 Å². The average Bonchev–Trinajstić information content (AvgIpc) is 3.01. The van der Waals surface area contributed by atoms with E-state index in [0.717, 1.165) is 52.4 Å². The highest BCUT2D eigenvalue weighted by Gasteiger charge is 2.24. The van der Waals surface area contributed by atoms with Gasteiger partial charge in [-0.1, -0.05) is 6.07 Å². The van der Waals surface area contributed by atoms with Gasteiger partial charge in [-0.05, 0) is 50.8 Å². The van der Waals surface area contributed by atoms with Gasteiger partial charge in [0.2, 0.25) is 0 Å². The number of carbonyl (C=O) groups excluding carboxylic acids is 1. The normalized spacial score (nSPS) is 14.6. The molecule has 3 heterocycles. The van der Waals surface area contributed by atoms with Crippen LogP contribution in [0.1, 0.15) is 40.1 Å². The first kappa shape index (κ1) is 17.9. The maximum absolute atomic E-state index is 13.6. The van der Waals surface area contributed by atoms with Crippen molar-refractivity contribution in [2.45, 2.75) is 33.1 Å². The van der Waals surface area contributed by atoms with Crippen molar-refractivity contribution in [3.05, 3.63) is 46.3 Å². The van der Waals surface area contributed by atoms with E-state index in [-0.39, 0.29) is 11.7 Å². The molecular weight excluding hydrogens is 363 g/mol. The minimum atomic E-state index is -0.375. The second-order valence-corrected chi connectivity index (χ2v) is 8.07. The molecule has 5 nitrogen and oxygen atoms in total. The van der Waals surface area contributed by atoms with Crippen molar-refractivity contribution in [3.8, 4) is 0 Å². The van der Waals surface area contributed by atoms with Crippen LogP contribution in [-0.4, -0.2) is 29.0 Å². The molecule has 1 aliphatic heterocycles. The second kappa shape index (κ2) is 7.23. The topological polar surface area (TPSA) is 58.1 Å². The zero-order valence-electron chi connectivity index (χ0n) is 15.4. The average molecular weight is 384 g/mol. The Bertz CT molecular complexity index is 1010. The van der Waals surface area contributed by atoms with Crippen molar-refractivity contribution in [2.75, 3.05) is 23.3 Å². The molecule has 0 spiro atoms. The van der Waals surface area contributed by atoms with Crippen molar-refractivity contribution in [3.63, 3.8) is 0 Å². The van der Waals surface area contributed by atoms with E-state index in [9.17, 15) is 9.18 Å². The first-order valence-electron chi connectivity index (χ1n) is 9.11. The number of benzene rings is 1. The Morgan fingerprint density at radius 1 is 1.19 bits per heavy atom. The maximum Gasteiger partial charge on any atom is 0.257 e. The Balaban J connectivity index is 1.77. The van der Waals surface area contributed by atoms with E-state index in [1.807, 2.05) is 13.8 Å². The van der Waals surface area contributed by atoms with Crippen LogP contribution in [-0.2, 0) is 0 Å². The van der Waals surface area contributed by atoms with E-state index in [1.54, 1.807) is 12.4 Å². The fraction of sp³-hybridized carbons (Fsp3) is 0.350. The lowest BCUT2D eigenvalue weighted by molar-refractivity contribution is 0.102. The summed E-state index contributed by atoms with van der Waals surface area (Å²) in [6, 6.07) is 4.39. The third kappa shape index (κ3) is 3.39. The van der Waals surface area contributed by atoms with Crippen LogP contribution in [0.2, 0.25) is 0 Å². The number of amides is 1. The number of thiophene rings is 1. The fourth-order valence-corrected chi connectivity index (χ4v) is 4.54. The molecule has 140 valence electrons. The smallest absolute Gasteiger partial charge is 0.257 e. The van der Waals surface area contributed by atoms with Gasteiger partial charge in [0.05, 0.1) is 10.9 Å². The number of halogens is 1. The number of aryl methyl sites for hydroxylation is 2. The van der Waals surface area contributed by atoms with Crippen LogP contribution < -0.4 is 10.2 Å². The van der Waals surface area contributed by atoms with Crippen LogP contribution in [0.25, 0.3) is 10.2 Å². The Hall–Kier alpha value is -2.54. The molecule has 1 fully saturated rings. The number of carbonyl (C=O) groups is 1. The minimum Gasteiger partial charge on any atom is -0.356 e. The van der Waals surface area contributed by atoms with Crippen LogP contribution in [0.4, 0.5) is 15.9 Å². The van der Waals surface area contributed by atoms with Crippen LogP contribution in [0.3, 0.4) is 0 Å². The Morgan fingerprint density at radius 2 is 1.96 bits per heavy atom. The lowest BCUT2D eigenvalue weighted by Crippen LogP contribution is -2.30. The van der Waals surface area contributed by atoms with Gasteiger partial charge in [0, 0.05) is 23.7 Å². The van der Waals surface area contributed by atoms with Gasteiger partial charge in [0.15, 0.2) is 0 Å². The molecule has 4 rings (SSSR count). The van der Waals surface area contributed by atoms with Gasteiger partial charge in [0.1, 0.15) is 22.8 Å². The zero-order valence-corrected chi connectivity index (χ0v) is 16.2. The summed E-state index contributed by atoms with van der Waals surface area (Å²) >= 11 is 1.49. The van der Waals surface area contributed by atoms with Gasteiger partial charge in [-0.3, -0.25) is 4.79 Å². The SMILES string of the molecule is Cc1ccc(F)cc1NC(=O)c1c(C)sc2ncnc(N3CCCCC3)c12. The van der Waals surface area contributed by atoms with Crippen molar-refractivity contribution in [1.82, 2.24) is 9.97 Å². The van der Waals surface area contributed by atoms with E-state index in [4.69, 9.17) is 0 Å². The standard InChI is InChI=1S/C20H21FN4OS/c1-12-6-7-14(21)10-15(12)24-19(26)16-13(2)27-20-17(16)18(22-11-23-20)25-8-4-3-5-9-25/h6-7,10-11H,3-5,8-9H2,1-2H3,(H,24,26). The third-order valence-electron chi connectivity index (χ3n) is 4.97. The van der Waals surface area contributed by atoms with Crippen LogP contribution >= 0.6 is 11.3 Å². The molecule has 27 heavy (non-hydrogen) atoms. The first-order valence-corrected chi connectivity index (χ1v) is 9.93. The van der Waals surface area contributed by atoms with Gasteiger partial charge in [-0.2, -0.15) is 0 Å². The monoisotopic (exact) mass is 384 g/mol. The van der Waals surface area contributed by atoms with Crippen LogP contribution in [0.15, 0.2) is 24.5 Å². The molecule has 0 aliphatic carbocycles. The number of hydrogen-bond acceptors (Lipinski definition) is 5. The Kier molecular flexibility index (Phi) is 4.78. The molecule has 0 saturated carbocycles. The number of anilines is 2. The van der Waals surface area contributed by atoms with E-state index in [1.165, 1.54) is 29.9 Å². The lowest BCUT2D eigenvalue weighted by Gasteiger charge is -2.28. The van der Waals surface area contributed by atoms with Gasteiger partial charge in [-0.25, -0.2) is 14.4 Å². The summed E-state index contributed by atoms with van der Waals surface area (Å²) in [5, 5.41) is 3.67. The van der Waals surface area contributed by atoms with E-state index < -0.39 is 0 Å². The summed E-state index contributed by atoms with van der Waals surface area (Å²) in [7, 11) is 0. The molecule has 0 bridgehead atoms. The van der Waals surface area contributed by atoms with E-state index >= 15 is 0 Å². The molecule has 2 aromatic heterocycles. The zero-order chi connectivity index (χ0) is 19.0. The number of piperidine rings is 1. The summed E-state index contributed by atoms with van der Waals surface area (Å²) < 4.78 is 13.6. The van der Waals surface area contributed by atoms with Gasteiger partial charge in [-0.15, -0.1) is 11.3 Å². The molecule has 1 saturated heterocycles. The second-order valence-electron chi connectivity index (χ2n) is 6.87. The summed E-state index contributed by atoms with van der Waals surface area (Å²) in [4.78, 5) is 25.9. The van der Waals surface area contributed by atoms with E-state index in [2.05, 4.69) is 20.2 Å². The summed E-state index contributed by atoms with van der Waals surface area (Å²) in [5.74, 6) is 0.200. The molecule has 7 heteroatoms. The molecule has 1 N–H and O–H groups in total. The quantitative estimate of drug-likeness (QED) is 0.712. The number of nitrogens with zero attached hydrogens (tertiary/aromatic N) is 3. The molecule has 0 radical (unpaired) electrons. The van der Waals surface area contributed by atoms with Gasteiger partial charge >= 0.3 is 0 Å². The number of fused-ring (bicyclic) bond motifs is 1. The summed E-state index contributed by atoms with van der Waals surface area (Å²) in [5.41, 5.74) is 1.88. The Morgan fingerprint density at radius 3 is 2.74 bits per heavy atom. The third-order valence-corrected chi connectivity index (χ3v) is 5.99. The van der Waals surface area contributed by atoms with Crippen molar-refractivity contribution in [1.29, 1.82) is 0 Å². The van der Waals surface area contributed by atoms with Crippen molar-refractivity contribution in [2.24, 2.45) is 0 Å². The molecule has 0 atom stereocenters. The number of nitrogens with one attached hydrogen (secondary N) is 1. The number of aromatic nitrogens is 2. The predicted octanol–water partition coefficient (Wildman–Crippen LogP) is 4.69. The van der Waals surface area contributed by atoms with Crippen molar-refractivity contribution < 1.29 is 9.18 Å². The molecule has 0 unspecified atom stereocenters. The van der Waals surface area contributed by atoms with Crippen molar-refractivity contribution >= 4 is 39.0 Å². The molecule has 1 amide bonds. The molecule has 1 aliphatic rings. The van der Waals surface area contributed by atoms with Crippen LogP contribution in [0, 0.1) is 19.7 Å². The lowest BCUT2D eigenvalue weighted by atomic mass is 10.1. The highest BCUT2D eigenvalue weighted by Crippen LogP contribution is 2.36. The van der Waals surface area contributed by atoms with Crippen LogP contribution in [0.5, 0.6) is 0 Å². The molecular formula is C20H21FN4OS. The largest absolute Gasteiger partial charge is 0.356 e. The highest BCUT2D eigenvalue weighted by atomic mass is 32.1. The minimum absolute atomic E-state index is 0.250. The molecule has 1 aromatic carbocycles. The molecule has 3 aromatic rings. The number of rotatable bonds is 3. The predicted molar refractivity (Wildman–Crippen MR) is 107 cm³/mol. The van der Waals surface area contributed by atoms with Gasteiger partial charge in [0.25, 0.3) is 5.91 Å². The number of hydrogen-bond donors (Lipinski definition) is 1. The van der Waals surface area contributed by atoms with E-state index in [0.29, 0.717) is 11.3 Å². The Labute approximate surface area is 161 Å². The first-order chi connectivity index (χ1) is 13.0. The summed E-state index contributed by atoms with van der Waals surface area (Å²) in [6.07, 6.45) is 5.04. The summed E-state index contributed by atoms with van der Waals surface area (Å²) in [6.45, 7) is 5.63. The fourth-order valence-electron chi connectivity index (χ4n) is 3.56. The maximum atomic E-state index is 13.6.